The molecule has 2 aliphatic heterocycles. The van der Waals surface area contributed by atoms with Crippen molar-refractivity contribution in [1.29, 1.82) is 0 Å². The highest BCUT2D eigenvalue weighted by Crippen LogP contribution is 2.64. The van der Waals surface area contributed by atoms with Crippen LogP contribution >= 0.6 is 0 Å². The number of rotatable bonds is 11. The summed E-state index contributed by atoms with van der Waals surface area (Å²) in [6.45, 7) is 3.44. The van der Waals surface area contributed by atoms with E-state index in [0.717, 1.165) is 53.7 Å². The number of carbonyl (C=O) groups excluding carboxylic acids is 4. The first kappa shape index (κ1) is 37.9. The standard InChI is InChI=1S/C40H46N4O8.ClH/c1-24(45)42-31(21-25-5-10-28(46)11-6-25)38(48)41-18-19-43(2)39(49)51-29-12-7-26(8-13-29)23-44(3)20-17-40-30-14-15-33(47)37(40)52-36-34(50-4)16-9-27(35(36)40)22-32(30)44;/h5-13,16,30-32,37H,14-15,17-23H2,1-4H3,(H2-,41,42,45,46,48);1H/t30-,31-,32?,37-,40-,44+;/m0./s1. The fraction of sp³-hybridized carbons (Fsp3) is 0.450. The number of piperidine rings is 1. The molecular weight excluding hydrogens is 700 g/mol. The van der Waals surface area contributed by atoms with Gasteiger partial charge < -0.3 is 51.7 Å². The zero-order chi connectivity index (χ0) is 36.8. The molecule has 3 amide bonds. The molecule has 13 heteroatoms. The number of nitrogens with one attached hydrogen (secondary N) is 2. The van der Waals surface area contributed by atoms with Crippen molar-refractivity contribution >= 4 is 23.7 Å². The number of hydrogen-bond acceptors (Lipinski definition) is 8. The number of phenols is 1. The van der Waals surface area contributed by atoms with Gasteiger partial charge in [-0.3, -0.25) is 14.4 Å². The molecule has 3 aromatic rings. The van der Waals surface area contributed by atoms with Crippen molar-refractivity contribution in [1.82, 2.24) is 15.5 Å². The molecular formula is C40H47ClN4O8. The quantitative estimate of drug-likeness (QED) is 0.243. The number of aromatic hydroxyl groups is 1. The Bertz CT molecular complexity index is 1890. The van der Waals surface area contributed by atoms with Crippen LogP contribution in [0, 0.1) is 5.92 Å². The highest BCUT2D eigenvalue weighted by molar-refractivity contribution is 5.89. The van der Waals surface area contributed by atoms with Crippen molar-refractivity contribution in [2.45, 2.75) is 69.2 Å². The van der Waals surface area contributed by atoms with Crippen molar-refractivity contribution in [2.24, 2.45) is 5.92 Å². The maximum atomic E-state index is 13.3. The zero-order valence-electron chi connectivity index (χ0n) is 30.5. The summed E-state index contributed by atoms with van der Waals surface area (Å²) in [5.74, 6) is 1.85. The van der Waals surface area contributed by atoms with Gasteiger partial charge in [0.2, 0.25) is 11.8 Å². The average molecular weight is 747 g/mol. The number of Topliss-reactive ketones (excluding diaryl/α,β-unsaturated/α-hetero) is 1. The number of halogens is 1. The number of phenolic OH excluding ortho intramolecular Hbond substituents is 1. The molecule has 1 unspecified atom stereocenters. The minimum atomic E-state index is -0.806. The molecule has 3 N–H and O–H groups in total. The van der Waals surface area contributed by atoms with E-state index in [1.165, 1.54) is 35.1 Å². The van der Waals surface area contributed by atoms with E-state index >= 15 is 0 Å². The van der Waals surface area contributed by atoms with Gasteiger partial charge in [-0.25, -0.2) is 4.79 Å². The Morgan fingerprint density at radius 3 is 2.49 bits per heavy atom. The van der Waals surface area contributed by atoms with Gasteiger partial charge in [-0.2, -0.15) is 0 Å². The molecule has 1 spiro atoms. The van der Waals surface area contributed by atoms with Crippen LogP contribution in [0.1, 0.15) is 48.4 Å². The van der Waals surface area contributed by atoms with E-state index in [1.807, 2.05) is 30.3 Å². The molecule has 2 bridgehead atoms. The number of benzene rings is 3. The van der Waals surface area contributed by atoms with Crippen LogP contribution < -0.4 is 37.3 Å². The van der Waals surface area contributed by atoms with E-state index in [4.69, 9.17) is 14.2 Å². The van der Waals surface area contributed by atoms with Crippen molar-refractivity contribution < 1.29 is 55.4 Å². The van der Waals surface area contributed by atoms with Crippen LogP contribution in [0.2, 0.25) is 0 Å². The molecule has 2 fully saturated rings. The van der Waals surface area contributed by atoms with Crippen LogP contribution in [0.4, 0.5) is 4.79 Å². The number of ether oxygens (including phenoxy) is 3. The molecule has 1 saturated heterocycles. The highest BCUT2D eigenvalue weighted by atomic mass is 35.5. The number of likely N-dealkylation sites (tertiary alicyclic amines) is 1. The fourth-order valence-corrected chi connectivity index (χ4v) is 9.28. The Hall–Kier alpha value is -4.81. The first-order valence-electron chi connectivity index (χ1n) is 18.0. The van der Waals surface area contributed by atoms with Gasteiger partial charge in [0.25, 0.3) is 0 Å². The summed E-state index contributed by atoms with van der Waals surface area (Å²) in [5, 5.41) is 15.0. The summed E-state index contributed by atoms with van der Waals surface area (Å²) in [5.41, 5.74) is 4.12. The van der Waals surface area contributed by atoms with E-state index in [1.54, 1.807) is 26.3 Å². The van der Waals surface area contributed by atoms with E-state index in [0.29, 0.717) is 29.9 Å². The summed E-state index contributed by atoms with van der Waals surface area (Å²) >= 11 is 0. The van der Waals surface area contributed by atoms with Crippen LogP contribution in [0.5, 0.6) is 23.0 Å². The molecule has 6 atom stereocenters. The highest BCUT2D eigenvalue weighted by Gasteiger charge is 2.69. The van der Waals surface area contributed by atoms with Crippen LogP contribution in [-0.4, -0.2) is 97.2 Å². The average Bonchev–Trinajstić information content (AvgIpc) is 3.48. The molecule has 2 heterocycles. The molecule has 4 aliphatic rings. The lowest BCUT2D eigenvalue weighted by atomic mass is 9.51. The number of nitrogens with zero attached hydrogens (tertiary/aromatic N) is 2. The predicted octanol–water partition coefficient (Wildman–Crippen LogP) is 0.652. The van der Waals surface area contributed by atoms with Gasteiger partial charge in [-0.1, -0.05) is 18.2 Å². The van der Waals surface area contributed by atoms with Crippen LogP contribution in [0.25, 0.3) is 0 Å². The molecule has 282 valence electrons. The second-order valence-corrected chi connectivity index (χ2v) is 15.0. The summed E-state index contributed by atoms with van der Waals surface area (Å²) in [4.78, 5) is 52.2. The largest absolute Gasteiger partial charge is 1.00 e. The monoisotopic (exact) mass is 746 g/mol. The van der Waals surface area contributed by atoms with Gasteiger partial charge in [0.15, 0.2) is 23.4 Å². The van der Waals surface area contributed by atoms with Crippen LogP contribution in [0.3, 0.4) is 0 Å². The Morgan fingerprint density at radius 2 is 1.79 bits per heavy atom. The van der Waals surface area contributed by atoms with Crippen LogP contribution in [-0.2, 0) is 39.2 Å². The number of likely N-dealkylation sites (N-methyl/N-ethyl adjacent to an activating group) is 2. The van der Waals surface area contributed by atoms with E-state index < -0.39 is 18.2 Å². The smallest absolute Gasteiger partial charge is 0.415 e. The summed E-state index contributed by atoms with van der Waals surface area (Å²) in [6.07, 6.45) is 2.47. The molecule has 0 radical (unpaired) electrons. The molecule has 0 aromatic heterocycles. The number of ketones is 1. The van der Waals surface area contributed by atoms with Gasteiger partial charge in [0, 0.05) is 69.8 Å². The fourth-order valence-electron chi connectivity index (χ4n) is 9.28. The number of amides is 3. The topological polar surface area (TPSA) is 144 Å². The third kappa shape index (κ3) is 7.02. The Balaban J connectivity index is 0.00000481. The van der Waals surface area contributed by atoms with E-state index in [-0.39, 0.29) is 60.7 Å². The normalized spacial score (nSPS) is 25.1. The second kappa shape index (κ2) is 14.9. The van der Waals surface area contributed by atoms with E-state index in [9.17, 15) is 24.3 Å². The lowest BCUT2D eigenvalue weighted by Crippen LogP contribution is -3.00. The second-order valence-electron chi connectivity index (χ2n) is 15.0. The Kier molecular flexibility index (Phi) is 10.7. The third-order valence-corrected chi connectivity index (χ3v) is 11.8. The first-order valence-corrected chi connectivity index (χ1v) is 18.0. The van der Waals surface area contributed by atoms with Gasteiger partial charge in [-0.15, -0.1) is 0 Å². The van der Waals surface area contributed by atoms with Crippen molar-refractivity contribution in [2.75, 3.05) is 40.8 Å². The number of methoxy groups -OCH3 is 1. The Labute approximate surface area is 315 Å². The van der Waals surface area contributed by atoms with Crippen molar-refractivity contribution in [3.8, 4) is 23.0 Å². The predicted molar refractivity (Wildman–Crippen MR) is 191 cm³/mol. The third-order valence-electron chi connectivity index (χ3n) is 11.8. The van der Waals surface area contributed by atoms with Crippen LogP contribution in [0.15, 0.2) is 60.7 Å². The Morgan fingerprint density at radius 1 is 1.08 bits per heavy atom. The first-order chi connectivity index (χ1) is 24.9. The van der Waals surface area contributed by atoms with E-state index in [2.05, 4.69) is 23.7 Å². The number of carbonyl (C=O) groups is 4. The van der Waals surface area contributed by atoms with Gasteiger partial charge >= 0.3 is 6.09 Å². The molecule has 2 aliphatic carbocycles. The zero-order valence-corrected chi connectivity index (χ0v) is 31.3. The SMILES string of the molecule is COc1ccc2c3c1O[C@H]1C(=O)CC[C@H]4C(C2)[N@@+](C)(Cc2ccc(OC(=O)N(C)CCNC(=O)[C@H](Cc5ccc(O)cc5)NC(C)=O)cc2)CC[C@]314.[Cl-]. The van der Waals surface area contributed by atoms with Gasteiger partial charge in [-0.05, 0) is 60.0 Å². The van der Waals surface area contributed by atoms with Gasteiger partial charge in [0.05, 0.1) is 32.2 Å². The molecule has 53 heavy (non-hydrogen) atoms. The summed E-state index contributed by atoms with van der Waals surface area (Å²) in [6, 6.07) is 17.8. The minimum absolute atomic E-state index is 0. The molecule has 7 rings (SSSR count). The summed E-state index contributed by atoms with van der Waals surface area (Å²) < 4.78 is 18.7. The maximum Gasteiger partial charge on any atom is 0.415 e. The van der Waals surface area contributed by atoms with Crippen molar-refractivity contribution in [3.05, 3.63) is 82.9 Å². The number of hydrogen-bond donors (Lipinski definition) is 3. The van der Waals surface area contributed by atoms with Crippen molar-refractivity contribution in [3.63, 3.8) is 0 Å². The van der Waals surface area contributed by atoms with Gasteiger partial charge in [0.1, 0.15) is 24.1 Å². The minimum Gasteiger partial charge on any atom is -1.00 e. The lowest BCUT2D eigenvalue weighted by Gasteiger charge is -2.60. The lowest BCUT2D eigenvalue weighted by molar-refractivity contribution is -0.957. The summed E-state index contributed by atoms with van der Waals surface area (Å²) in [7, 11) is 5.59. The maximum absolute atomic E-state index is 13.3. The molecule has 1 saturated carbocycles. The molecule has 12 nitrogen and oxygen atoms in total. The number of quaternary nitrogens is 1. The molecule has 3 aromatic carbocycles.